The summed E-state index contributed by atoms with van der Waals surface area (Å²) in [5.74, 6) is 0.293. The summed E-state index contributed by atoms with van der Waals surface area (Å²) in [6.07, 6.45) is 0.563. The molecule has 0 aliphatic heterocycles. The first-order chi connectivity index (χ1) is 5.90. The second kappa shape index (κ2) is 3.38. The zero-order chi connectivity index (χ0) is 10.1. The number of aromatic hydroxyl groups is 1. The van der Waals surface area contributed by atoms with Gasteiger partial charge in [-0.3, -0.25) is 0 Å². The van der Waals surface area contributed by atoms with Gasteiger partial charge in [-0.1, -0.05) is 12.1 Å². The molecular weight excluding hydrogens is 164 g/mol. The molecule has 0 spiro atoms. The van der Waals surface area contributed by atoms with E-state index in [0.29, 0.717) is 12.2 Å². The third-order valence-corrected chi connectivity index (χ3v) is 2.04. The van der Waals surface area contributed by atoms with Crippen molar-refractivity contribution in [3.63, 3.8) is 0 Å². The quantitative estimate of drug-likeness (QED) is 0.731. The van der Waals surface area contributed by atoms with Crippen molar-refractivity contribution in [2.75, 3.05) is 0 Å². The van der Waals surface area contributed by atoms with E-state index in [-0.39, 0.29) is 0 Å². The van der Waals surface area contributed by atoms with Crippen LogP contribution in [0, 0.1) is 6.92 Å². The summed E-state index contributed by atoms with van der Waals surface area (Å²) in [6, 6.07) is 5.37. The van der Waals surface area contributed by atoms with E-state index in [1.54, 1.807) is 26.0 Å². The number of phenolic OH excluding ortho intramolecular Hbond substituents is 1. The van der Waals surface area contributed by atoms with Gasteiger partial charge in [0.25, 0.3) is 0 Å². The number of benzene rings is 1. The van der Waals surface area contributed by atoms with Gasteiger partial charge in [0.2, 0.25) is 0 Å². The van der Waals surface area contributed by atoms with Crippen LogP contribution in [0.2, 0.25) is 0 Å². The summed E-state index contributed by atoms with van der Waals surface area (Å²) in [7, 11) is 0. The lowest BCUT2D eigenvalue weighted by Crippen LogP contribution is -2.22. The highest BCUT2D eigenvalue weighted by molar-refractivity contribution is 5.38. The Kier molecular flexibility index (Phi) is 2.62. The van der Waals surface area contributed by atoms with E-state index in [4.69, 9.17) is 0 Å². The smallest absolute Gasteiger partial charge is 0.118 e. The van der Waals surface area contributed by atoms with Crippen molar-refractivity contribution in [3.05, 3.63) is 29.3 Å². The zero-order valence-corrected chi connectivity index (χ0v) is 8.33. The molecule has 72 valence electrons. The minimum atomic E-state index is -0.724. The molecule has 0 atom stereocenters. The van der Waals surface area contributed by atoms with E-state index < -0.39 is 5.60 Å². The molecule has 2 heteroatoms. The van der Waals surface area contributed by atoms with Gasteiger partial charge in [0.05, 0.1) is 5.60 Å². The standard InChI is InChI=1S/C11H16O2/c1-8-9(7-11(2,3)13)5-4-6-10(8)12/h4-6,12-13H,7H2,1-3H3. The van der Waals surface area contributed by atoms with E-state index in [1.807, 2.05) is 13.0 Å². The molecule has 0 bridgehead atoms. The molecule has 1 aromatic rings. The lowest BCUT2D eigenvalue weighted by Gasteiger charge is -2.18. The largest absolute Gasteiger partial charge is 0.508 e. The Morgan fingerprint density at radius 2 is 1.92 bits per heavy atom. The summed E-state index contributed by atoms with van der Waals surface area (Å²) in [5.41, 5.74) is 1.12. The summed E-state index contributed by atoms with van der Waals surface area (Å²) in [4.78, 5) is 0. The highest BCUT2D eigenvalue weighted by atomic mass is 16.3. The predicted molar refractivity (Wildman–Crippen MR) is 52.8 cm³/mol. The zero-order valence-electron chi connectivity index (χ0n) is 8.33. The molecule has 0 radical (unpaired) electrons. The van der Waals surface area contributed by atoms with Gasteiger partial charge in [-0.05, 0) is 38.0 Å². The fourth-order valence-corrected chi connectivity index (χ4v) is 1.33. The van der Waals surface area contributed by atoms with Crippen molar-refractivity contribution in [2.45, 2.75) is 32.8 Å². The van der Waals surface area contributed by atoms with Gasteiger partial charge in [0.1, 0.15) is 5.75 Å². The summed E-state index contributed by atoms with van der Waals surface area (Å²) >= 11 is 0. The molecule has 2 nitrogen and oxygen atoms in total. The van der Waals surface area contributed by atoms with Gasteiger partial charge in [0.15, 0.2) is 0 Å². The molecule has 0 aliphatic rings. The molecular formula is C11H16O2. The molecule has 0 heterocycles. The van der Waals surface area contributed by atoms with Crippen molar-refractivity contribution in [1.29, 1.82) is 0 Å². The Balaban J connectivity index is 2.96. The van der Waals surface area contributed by atoms with Crippen molar-refractivity contribution in [1.82, 2.24) is 0 Å². The molecule has 0 unspecified atom stereocenters. The molecule has 0 saturated carbocycles. The molecule has 0 saturated heterocycles. The first kappa shape index (κ1) is 10.1. The summed E-state index contributed by atoms with van der Waals surface area (Å²) in [6.45, 7) is 5.38. The number of phenols is 1. The lowest BCUT2D eigenvalue weighted by atomic mass is 9.95. The second-order valence-electron chi connectivity index (χ2n) is 4.05. The van der Waals surface area contributed by atoms with Crippen LogP contribution in [0.25, 0.3) is 0 Å². The van der Waals surface area contributed by atoms with Gasteiger partial charge >= 0.3 is 0 Å². The lowest BCUT2D eigenvalue weighted by molar-refractivity contribution is 0.0808. The van der Waals surface area contributed by atoms with Crippen molar-refractivity contribution in [3.8, 4) is 5.75 Å². The van der Waals surface area contributed by atoms with Crippen molar-refractivity contribution in [2.24, 2.45) is 0 Å². The Labute approximate surface area is 78.8 Å². The van der Waals surface area contributed by atoms with Crippen LogP contribution < -0.4 is 0 Å². The van der Waals surface area contributed by atoms with Crippen LogP contribution in [-0.2, 0) is 6.42 Å². The Hall–Kier alpha value is -1.02. The normalized spacial score (nSPS) is 11.7. The highest BCUT2D eigenvalue weighted by Crippen LogP contribution is 2.22. The van der Waals surface area contributed by atoms with Crippen LogP contribution in [0.5, 0.6) is 5.75 Å². The second-order valence-corrected chi connectivity index (χ2v) is 4.05. The summed E-state index contributed by atoms with van der Waals surface area (Å²) in [5, 5.41) is 19.0. The van der Waals surface area contributed by atoms with Crippen molar-refractivity contribution >= 4 is 0 Å². The fraction of sp³-hybridized carbons (Fsp3) is 0.455. The SMILES string of the molecule is Cc1c(O)cccc1CC(C)(C)O. The molecule has 0 fully saturated rings. The Morgan fingerprint density at radius 1 is 1.31 bits per heavy atom. The van der Waals surface area contributed by atoms with Crippen LogP contribution in [0.4, 0.5) is 0 Å². The van der Waals surface area contributed by atoms with Crippen molar-refractivity contribution < 1.29 is 10.2 Å². The maximum Gasteiger partial charge on any atom is 0.118 e. The van der Waals surface area contributed by atoms with Gasteiger partial charge in [-0.2, -0.15) is 0 Å². The minimum absolute atomic E-state index is 0.293. The van der Waals surface area contributed by atoms with Gasteiger partial charge in [0, 0.05) is 6.42 Å². The minimum Gasteiger partial charge on any atom is -0.508 e. The molecule has 0 aliphatic carbocycles. The molecule has 1 aromatic carbocycles. The van der Waals surface area contributed by atoms with E-state index in [0.717, 1.165) is 11.1 Å². The number of rotatable bonds is 2. The third kappa shape index (κ3) is 2.74. The maximum absolute atomic E-state index is 9.60. The number of aliphatic hydroxyl groups is 1. The molecule has 1 rings (SSSR count). The predicted octanol–water partition coefficient (Wildman–Crippen LogP) is 2.01. The monoisotopic (exact) mass is 180 g/mol. The number of hydrogen-bond donors (Lipinski definition) is 2. The Bertz CT molecular complexity index is 297. The third-order valence-electron chi connectivity index (χ3n) is 2.04. The van der Waals surface area contributed by atoms with Crippen LogP contribution in [0.15, 0.2) is 18.2 Å². The maximum atomic E-state index is 9.60. The fourth-order valence-electron chi connectivity index (χ4n) is 1.33. The van der Waals surface area contributed by atoms with Gasteiger partial charge in [-0.15, -0.1) is 0 Å². The Morgan fingerprint density at radius 3 is 2.46 bits per heavy atom. The van der Waals surface area contributed by atoms with Crippen LogP contribution in [0.3, 0.4) is 0 Å². The van der Waals surface area contributed by atoms with E-state index in [9.17, 15) is 10.2 Å². The number of hydrogen-bond acceptors (Lipinski definition) is 2. The van der Waals surface area contributed by atoms with Crippen LogP contribution >= 0.6 is 0 Å². The molecule has 0 aromatic heterocycles. The first-order valence-corrected chi connectivity index (χ1v) is 4.40. The average molecular weight is 180 g/mol. The molecule has 0 amide bonds. The summed E-state index contributed by atoms with van der Waals surface area (Å²) < 4.78 is 0. The van der Waals surface area contributed by atoms with Gasteiger partial charge < -0.3 is 10.2 Å². The van der Waals surface area contributed by atoms with Crippen LogP contribution in [-0.4, -0.2) is 15.8 Å². The first-order valence-electron chi connectivity index (χ1n) is 4.40. The van der Waals surface area contributed by atoms with E-state index in [2.05, 4.69) is 0 Å². The van der Waals surface area contributed by atoms with E-state index in [1.165, 1.54) is 0 Å². The average Bonchev–Trinajstić information content (AvgIpc) is 1.96. The van der Waals surface area contributed by atoms with Crippen LogP contribution in [0.1, 0.15) is 25.0 Å². The molecule has 2 N–H and O–H groups in total. The van der Waals surface area contributed by atoms with E-state index >= 15 is 0 Å². The highest BCUT2D eigenvalue weighted by Gasteiger charge is 2.15. The molecule has 13 heavy (non-hydrogen) atoms. The van der Waals surface area contributed by atoms with Gasteiger partial charge in [-0.25, -0.2) is 0 Å². The topological polar surface area (TPSA) is 40.5 Å².